The fourth-order valence-electron chi connectivity index (χ4n) is 2.28. The van der Waals surface area contributed by atoms with Crippen molar-refractivity contribution < 1.29 is 14.6 Å². The zero-order chi connectivity index (χ0) is 13.8. The van der Waals surface area contributed by atoms with Gasteiger partial charge in [0.25, 0.3) is 0 Å². The molecule has 0 bridgehead atoms. The number of piperidine rings is 1. The topological polar surface area (TPSA) is 62.7 Å². The number of rotatable bonds is 4. The molecular weight excluding hydrogens is 268 g/mol. The van der Waals surface area contributed by atoms with Gasteiger partial charge in [-0.25, -0.2) is 9.78 Å². The minimum Gasteiger partial charge on any atom is -0.478 e. The third-order valence-corrected chi connectivity index (χ3v) is 3.48. The largest absolute Gasteiger partial charge is 0.478 e. The van der Waals surface area contributed by atoms with Crippen LogP contribution in [0.5, 0.6) is 0 Å². The van der Waals surface area contributed by atoms with Crippen LogP contribution >= 0.6 is 11.6 Å². The first-order valence-electron chi connectivity index (χ1n) is 6.37. The van der Waals surface area contributed by atoms with Gasteiger partial charge >= 0.3 is 5.97 Å². The lowest BCUT2D eigenvalue weighted by Crippen LogP contribution is -2.40. The average molecular weight is 285 g/mol. The fraction of sp³-hybridized carbons (Fsp3) is 0.538. The quantitative estimate of drug-likeness (QED) is 0.920. The third-order valence-electron chi connectivity index (χ3n) is 3.18. The number of pyridine rings is 1. The van der Waals surface area contributed by atoms with Gasteiger partial charge in [0.2, 0.25) is 0 Å². The van der Waals surface area contributed by atoms with Crippen LogP contribution in [0.25, 0.3) is 0 Å². The molecule has 104 valence electrons. The Bertz CT molecular complexity index is 465. The van der Waals surface area contributed by atoms with Crippen LogP contribution in [0.2, 0.25) is 5.02 Å². The molecule has 1 aliphatic rings. The summed E-state index contributed by atoms with van der Waals surface area (Å²) in [4.78, 5) is 17.3. The summed E-state index contributed by atoms with van der Waals surface area (Å²) < 4.78 is 5.62. The van der Waals surface area contributed by atoms with E-state index in [-0.39, 0.29) is 16.7 Å². The Hall–Kier alpha value is -1.33. The highest BCUT2D eigenvalue weighted by Crippen LogP contribution is 2.24. The van der Waals surface area contributed by atoms with E-state index in [0.29, 0.717) is 12.4 Å². The Morgan fingerprint density at radius 1 is 1.68 bits per heavy atom. The second kappa shape index (κ2) is 6.21. The molecule has 0 aromatic carbocycles. The van der Waals surface area contributed by atoms with Crippen molar-refractivity contribution >= 4 is 23.4 Å². The zero-order valence-electron chi connectivity index (χ0n) is 10.8. The van der Waals surface area contributed by atoms with E-state index in [0.717, 1.165) is 25.9 Å². The molecular formula is C13H17ClN2O3. The molecule has 1 saturated heterocycles. The van der Waals surface area contributed by atoms with Gasteiger partial charge < -0.3 is 14.7 Å². The monoisotopic (exact) mass is 284 g/mol. The summed E-state index contributed by atoms with van der Waals surface area (Å²) in [6, 6.07) is 1.53. The summed E-state index contributed by atoms with van der Waals surface area (Å²) in [6.45, 7) is 4.26. The van der Waals surface area contributed by atoms with Crippen molar-refractivity contribution in [1.29, 1.82) is 0 Å². The Morgan fingerprint density at radius 3 is 3.16 bits per heavy atom. The number of ether oxygens (including phenoxy) is 1. The first kappa shape index (κ1) is 14.1. The lowest BCUT2D eigenvalue weighted by Gasteiger charge is -2.33. The molecule has 1 fully saturated rings. The van der Waals surface area contributed by atoms with Crippen LogP contribution in [-0.2, 0) is 4.74 Å². The van der Waals surface area contributed by atoms with Crippen molar-refractivity contribution in [2.24, 2.45) is 0 Å². The van der Waals surface area contributed by atoms with Gasteiger partial charge in [-0.15, -0.1) is 0 Å². The molecule has 5 nitrogen and oxygen atoms in total. The molecule has 1 unspecified atom stereocenters. The van der Waals surface area contributed by atoms with E-state index >= 15 is 0 Å². The number of nitrogens with zero attached hydrogens (tertiary/aromatic N) is 2. The van der Waals surface area contributed by atoms with Crippen LogP contribution in [-0.4, -0.2) is 41.9 Å². The van der Waals surface area contributed by atoms with Crippen LogP contribution in [0.1, 0.15) is 30.1 Å². The summed E-state index contributed by atoms with van der Waals surface area (Å²) in [6.07, 6.45) is 3.62. The van der Waals surface area contributed by atoms with Crippen LogP contribution < -0.4 is 4.90 Å². The van der Waals surface area contributed by atoms with Crippen molar-refractivity contribution in [3.05, 3.63) is 22.8 Å². The molecule has 1 atom stereocenters. The predicted octanol–water partition coefficient (Wildman–Crippen LogP) is 2.44. The second-order valence-electron chi connectivity index (χ2n) is 4.49. The number of carboxylic acid groups (broad SMARTS) is 1. The van der Waals surface area contributed by atoms with E-state index in [1.165, 1.54) is 12.3 Å². The number of aromatic carboxylic acids is 1. The number of halogens is 1. The Kier molecular flexibility index (Phi) is 4.61. The fourth-order valence-corrected chi connectivity index (χ4v) is 2.47. The number of carboxylic acids is 1. The van der Waals surface area contributed by atoms with Gasteiger partial charge in [0.05, 0.1) is 16.7 Å². The van der Waals surface area contributed by atoms with Crippen LogP contribution in [0.15, 0.2) is 12.3 Å². The molecule has 0 amide bonds. The molecule has 1 aliphatic heterocycles. The van der Waals surface area contributed by atoms with Crippen molar-refractivity contribution in [3.8, 4) is 0 Å². The van der Waals surface area contributed by atoms with E-state index in [9.17, 15) is 4.79 Å². The Labute approximate surface area is 117 Å². The summed E-state index contributed by atoms with van der Waals surface area (Å²) in [5.41, 5.74) is 0.0881. The maximum absolute atomic E-state index is 11.1. The Morgan fingerprint density at radius 2 is 2.47 bits per heavy atom. The molecule has 1 aromatic rings. The van der Waals surface area contributed by atoms with Crippen molar-refractivity contribution in [2.75, 3.05) is 24.6 Å². The second-order valence-corrected chi connectivity index (χ2v) is 4.90. The third kappa shape index (κ3) is 3.36. The average Bonchev–Trinajstić information content (AvgIpc) is 2.39. The van der Waals surface area contributed by atoms with Gasteiger partial charge in [-0.3, -0.25) is 0 Å². The molecule has 2 rings (SSSR count). The highest BCUT2D eigenvalue weighted by molar-refractivity contribution is 6.33. The number of anilines is 1. The molecule has 2 heterocycles. The van der Waals surface area contributed by atoms with Crippen molar-refractivity contribution in [3.63, 3.8) is 0 Å². The maximum atomic E-state index is 11.1. The van der Waals surface area contributed by atoms with Crippen LogP contribution in [0, 0.1) is 0 Å². The van der Waals surface area contributed by atoms with E-state index in [2.05, 4.69) is 4.98 Å². The molecule has 6 heteroatoms. The van der Waals surface area contributed by atoms with Gasteiger partial charge in [-0.1, -0.05) is 11.6 Å². The van der Waals surface area contributed by atoms with E-state index in [1.807, 2.05) is 11.8 Å². The van der Waals surface area contributed by atoms with Crippen LogP contribution in [0.3, 0.4) is 0 Å². The lowest BCUT2D eigenvalue weighted by molar-refractivity contribution is 0.0525. The standard InChI is InChI=1S/C13H17ClN2O3/c1-2-19-9-4-3-5-16(8-9)12-6-10(13(17)18)11(14)7-15-12/h6-7,9H,2-5,8H2,1H3,(H,17,18). The summed E-state index contributed by atoms with van der Waals surface area (Å²) in [7, 11) is 0. The van der Waals surface area contributed by atoms with Gasteiger partial charge in [0.15, 0.2) is 0 Å². The smallest absolute Gasteiger partial charge is 0.337 e. The normalized spacial score (nSPS) is 19.5. The number of hydrogen-bond acceptors (Lipinski definition) is 4. The van der Waals surface area contributed by atoms with E-state index < -0.39 is 5.97 Å². The van der Waals surface area contributed by atoms with Crippen molar-refractivity contribution in [2.45, 2.75) is 25.9 Å². The minimum atomic E-state index is -1.04. The molecule has 0 radical (unpaired) electrons. The molecule has 0 saturated carbocycles. The maximum Gasteiger partial charge on any atom is 0.337 e. The summed E-state index contributed by atoms with van der Waals surface area (Å²) in [5, 5.41) is 9.23. The lowest BCUT2D eigenvalue weighted by atomic mass is 10.1. The summed E-state index contributed by atoms with van der Waals surface area (Å²) in [5.74, 6) is -0.391. The van der Waals surface area contributed by atoms with Gasteiger partial charge in [0, 0.05) is 25.9 Å². The van der Waals surface area contributed by atoms with Gasteiger partial charge in [-0.2, -0.15) is 0 Å². The van der Waals surface area contributed by atoms with Gasteiger partial charge in [-0.05, 0) is 25.8 Å². The first-order chi connectivity index (χ1) is 9.11. The van der Waals surface area contributed by atoms with E-state index in [4.69, 9.17) is 21.4 Å². The zero-order valence-corrected chi connectivity index (χ0v) is 11.6. The Balaban J connectivity index is 2.17. The SMILES string of the molecule is CCOC1CCCN(c2cc(C(=O)O)c(Cl)cn2)C1. The summed E-state index contributed by atoms with van der Waals surface area (Å²) >= 11 is 5.82. The highest BCUT2D eigenvalue weighted by atomic mass is 35.5. The first-order valence-corrected chi connectivity index (χ1v) is 6.75. The highest BCUT2D eigenvalue weighted by Gasteiger charge is 2.22. The molecule has 19 heavy (non-hydrogen) atoms. The van der Waals surface area contributed by atoms with Crippen molar-refractivity contribution in [1.82, 2.24) is 4.98 Å². The molecule has 0 spiro atoms. The molecule has 1 aromatic heterocycles. The van der Waals surface area contributed by atoms with Gasteiger partial charge in [0.1, 0.15) is 5.82 Å². The number of hydrogen-bond donors (Lipinski definition) is 1. The number of aromatic nitrogens is 1. The minimum absolute atomic E-state index is 0.0881. The van der Waals surface area contributed by atoms with Crippen LogP contribution in [0.4, 0.5) is 5.82 Å². The predicted molar refractivity (Wildman–Crippen MR) is 73.1 cm³/mol. The number of carbonyl (C=O) groups is 1. The van der Waals surface area contributed by atoms with E-state index in [1.54, 1.807) is 0 Å². The molecule has 1 N–H and O–H groups in total. The molecule has 0 aliphatic carbocycles.